The molecular formula is C29H22N4O. The van der Waals surface area contributed by atoms with Crippen LogP contribution in [0.5, 0.6) is 5.75 Å². The lowest BCUT2D eigenvalue weighted by molar-refractivity contribution is 0.476. The van der Waals surface area contributed by atoms with Crippen LogP contribution < -0.4 is 0 Å². The highest BCUT2D eigenvalue weighted by molar-refractivity contribution is 5.93. The highest BCUT2D eigenvalue weighted by atomic mass is 16.3. The molecule has 0 bridgehead atoms. The SMILES string of the molecule is Cc1ccc2c(-c3ccccc3)ncnc2c1.Oc1ccc2c(-c3ccccc3)ncnc2c1. The number of hydrogen-bond acceptors (Lipinski definition) is 5. The van der Waals surface area contributed by atoms with Crippen LogP contribution in [0.15, 0.2) is 110 Å². The third-order valence-corrected chi connectivity index (χ3v) is 5.51. The van der Waals surface area contributed by atoms with Crippen molar-refractivity contribution >= 4 is 21.8 Å². The molecule has 0 atom stereocenters. The largest absolute Gasteiger partial charge is 0.508 e. The van der Waals surface area contributed by atoms with Crippen molar-refractivity contribution in [2.24, 2.45) is 0 Å². The van der Waals surface area contributed by atoms with Crippen LogP contribution in [-0.2, 0) is 0 Å². The second-order valence-corrected chi connectivity index (χ2v) is 7.90. The summed E-state index contributed by atoms with van der Waals surface area (Å²) in [6.45, 7) is 2.07. The van der Waals surface area contributed by atoms with E-state index in [0.717, 1.165) is 44.3 Å². The van der Waals surface area contributed by atoms with Gasteiger partial charge in [0, 0.05) is 28.0 Å². The quantitative estimate of drug-likeness (QED) is 0.327. The Morgan fingerprint density at radius 3 is 1.59 bits per heavy atom. The van der Waals surface area contributed by atoms with Gasteiger partial charge in [-0.25, -0.2) is 19.9 Å². The van der Waals surface area contributed by atoms with E-state index in [1.165, 1.54) is 11.9 Å². The van der Waals surface area contributed by atoms with Crippen LogP contribution in [0, 0.1) is 6.92 Å². The summed E-state index contributed by atoms with van der Waals surface area (Å²) in [5, 5.41) is 11.5. The summed E-state index contributed by atoms with van der Waals surface area (Å²) in [6, 6.07) is 31.5. The minimum absolute atomic E-state index is 0.218. The first-order chi connectivity index (χ1) is 16.7. The fraction of sp³-hybridized carbons (Fsp3) is 0.0345. The number of nitrogens with zero attached hydrogens (tertiary/aromatic N) is 4. The van der Waals surface area contributed by atoms with Gasteiger partial charge in [0.2, 0.25) is 0 Å². The third kappa shape index (κ3) is 4.45. The molecule has 1 N–H and O–H groups in total. The van der Waals surface area contributed by atoms with Gasteiger partial charge in [0.25, 0.3) is 0 Å². The second kappa shape index (κ2) is 9.46. The Morgan fingerprint density at radius 1 is 0.529 bits per heavy atom. The molecule has 34 heavy (non-hydrogen) atoms. The zero-order valence-electron chi connectivity index (χ0n) is 18.6. The Kier molecular flexibility index (Phi) is 5.91. The fourth-order valence-electron chi connectivity index (χ4n) is 3.86. The molecule has 0 radical (unpaired) electrons. The van der Waals surface area contributed by atoms with E-state index in [2.05, 4.69) is 57.2 Å². The molecule has 5 nitrogen and oxygen atoms in total. The van der Waals surface area contributed by atoms with E-state index in [9.17, 15) is 5.11 Å². The number of rotatable bonds is 2. The van der Waals surface area contributed by atoms with Gasteiger partial charge in [0.05, 0.1) is 22.4 Å². The maximum atomic E-state index is 9.43. The predicted molar refractivity (Wildman–Crippen MR) is 136 cm³/mol. The number of aromatic hydroxyl groups is 1. The van der Waals surface area contributed by atoms with Gasteiger partial charge in [-0.1, -0.05) is 72.8 Å². The summed E-state index contributed by atoms with van der Waals surface area (Å²) >= 11 is 0. The van der Waals surface area contributed by atoms with Gasteiger partial charge in [0.1, 0.15) is 18.4 Å². The minimum atomic E-state index is 0.218. The minimum Gasteiger partial charge on any atom is -0.508 e. The van der Waals surface area contributed by atoms with Crippen molar-refractivity contribution in [2.45, 2.75) is 6.92 Å². The van der Waals surface area contributed by atoms with Crippen molar-refractivity contribution in [3.63, 3.8) is 0 Å². The number of phenols is 1. The van der Waals surface area contributed by atoms with Crippen molar-refractivity contribution in [2.75, 3.05) is 0 Å². The van der Waals surface area contributed by atoms with Crippen molar-refractivity contribution in [3.05, 3.63) is 115 Å². The topological polar surface area (TPSA) is 71.8 Å². The van der Waals surface area contributed by atoms with Crippen LogP contribution in [0.3, 0.4) is 0 Å². The smallest absolute Gasteiger partial charge is 0.117 e. The average molecular weight is 443 g/mol. The molecule has 6 aromatic rings. The number of fused-ring (bicyclic) bond motifs is 2. The summed E-state index contributed by atoms with van der Waals surface area (Å²) in [7, 11) is 0. The van der Waals surface area contributed by atoms with Gasteiger partial charge < -0.3 is 5.11 Å². The first kappa shape index (κ1) is 21.2. The predicted octanol–water partition coefficient (Wildman–Crippen LogP) is 6.61. The molecule has 2 aromatic heterocycles. The molecule has 0 fully saturated rings. The molecule has 4 aromatic carbocycles. The maximum Gasteiger partial charge on any atom is 0.117 e. The Morgan fingerprint density at radius 2 is 1.03 bits per heavy atom. The van der Waals surface area contributed by atoms with Gasteiger partial charge >= 0.3 is 0 Å². The molecule has 0 aliphatic rings. The number of aryl methyl sites for hydroxylation is 1. The molecule has 0 amide bonds. The summed E-state index contributed by atoms with van der Waals surface area (Å²) in [5.41, 5.74) is 7.02. The Balaban J connectivity index is 0.000000142. The van der Waals surface area contributed by atoms with Gasteiger partial charge in [-0.15, -0.1) is 0 Å². The van der Waals surface area contributed by atoms with Crippen LogP contribution in [0.4, 0.5) is 0 Å². The van der Waals surface area contributed by atoms with Crippen LogP contribution in [0.2, 0.25) is 0 Å². The lowest BCUT2D eigenvalue weighted by Gasteiger charge is -2.05. The molecule has 0 saturated carbocycles. The highest BCUT2D eigenvalue weighted by Gasteiger charge is 2.06. The molecule has 0 saturated heterocycles. The molecule has 0 spiro atoms. The van der Waals surface area contributed by atoms with Crippen molar-refractivity contribution in [1.82, 2.24) is 19.9 Å². The monoisotopic (exact) mass is 442 g/mol. The Bertz CT molecular complexity index is 1450. The van der Waals surface area contributed by atoms with Crippen LogP contribution in [0.1, 0.15) is 5.56 Å². The molecule has 5 heteroatoms. The molecule has 0 aliphatic carbocycles. The van der Waals surface area contributed by atoms with E-state index < -0.39 is 0 Å². The van der Waals surface area contributed by atoms with E-state index in [1.807, 2.05) is 54.6 Å². The Labute approximate surface area is 197 Å². The van der Waals surface area contributed by atoms with Crippen LogP contribution >= 0.6 is 0 Å². The van der Waals surface area contributed by atoms with E-state index in [1.54, 1.807) is 18.5 Å². The molecule has 6 rings (SSSR count). The molecule has 164 valence electrons. The third-order valence-electron chi connectivity index (χ3n) is 5.51. The van der Waals surface area contributed by atoms with E-state index in [0.29, 0.717) is 0 Å². The number of hydrogen-bond donors (Lipinski definition) is 1. The highest BCUT2D eigenvalue weighted by Crippen LogP contribution is 2.27. The second-order valence-electron chi connectivity index (χ2n) is 7.90. The van der Waals surface area contributed by atoms with E-state index >= 15 is 0 Å². The number of phenolic OH excluding ortho intramolecular Hbond substituents is 1. The molecular weight excluding hydrogens is 420 g/mol. The summed E-state index contributed by atoms with van der Waals surface area (Å²) < 4.78 is 0. The first-order valence-corrected chi connectivity index (χ1v) is 10.9. The zero-order valence-corrected chi connectivity index (χ0v) is 18.6. The van der Waals surface area contributed by atoms with Gasteiger partial charge in [-0.05, 0) is 30.7 Å². The summed E-state index contributed by atoms with van der Waals surface area (Å²) in [4.78, 5) is 17.2. The summed E-state index contributed by atoms with van der Waals surface area (Å²) in [5.74, 6) is 0.218. The van der Waals surface area contributed by atoms with Crippen LogP contribution in [0.25, 0.3) is 44.3 Å². The summed E-state index contributed by atoms with van der Waals surface area (Å²) in [6.07, 6.45) is 3.15. The fourth-order valence-corrected chi connectivity index (χ4v) is 3.86. The normalized spacial score (nSPS) is 10.6. The number of benzene rings is 4. The number of aromatic nitrogens is 4. The first-order valence-electron chi connectivity index (χ1n) is 10.9. The Hall–Kier alpha value is -4.64. The van der Waals surface area contributed by atoms with Crippen molar-refractivity contribution in [1.29, 1.82) is 0 Å². The van der Waals surface area contributed by atoms with Crippen molar-refractivity contribution in [3.8, 4) is 28.3 Å². The maximum absolute atomic E-state index is 9.43. The average Bonchev–Trinajstić information content (AvgIpc) is 2.89. The van der Waals surface area contributed by atoms with E-state index in [-0.39, 0.29) is 5.75 Å². The molecule has 2 heterocycles. The molecule has 0 aliphatic heterocycles. The van der Waals surface area contributed by atoms with Crippen LogP contribution in [-0.4, -0.2) is 25.0 Å². The van der Waals surface area contributed by atoms with Gasteiger partial charge in [-0.2, -0.15) is 0 Å². The lowest BCUT2D eigenvalue weighted by atomic mass is 10.1. The lowest BCUT2D eigenvalue weighted by Crippen LogP contribution is -1.89. The zero-order chi connectivity index (χ0) is 23.3. The van der Waals surface area contributed by atoms with Gasteiger partial charge in [0.15, 0.2) is 0 Å². The standard InChI is InChI=1S/C15H12N2.C14H10N2O/c1-11-7-8-13-14(9-11)16-10-17-15(13)12-5-3-2-4-6-12;17-11-6-7-12-13(8-11)15-9-16-14(12)10-4-2-1-3-5-10/h2-10H,1H3;1-9,17H. The molecule has 0 unspecified atom stereocenters. The van der Waals surface area contributed by atoms with Gasteiger partial charge in [-0.3, -0.25) is 0 Å². The van der Waals surface area contributed by atoms with Crippen molar-refractivity contribution < 1.29 is 5.11 Å². The van der Waals surface area contributed by atoms with E-state index in [4.69, 9.17) is 0 Å².